The Bertz CT molecular complexity index is 670. The number of pyridine rings is 1. The van der Waals surface area contributed by atoms with E-state index in [1.165, 1.54) is 12.1 Å². The molecule has 0 aliphatic rings. The monoisotopic (exact) mass is 362 g/mol. The van der Waals surface area contributed by atoms with E-state index in [1.807, 2.05) is 6.92 Å². The van der Waals surface area contributed by atoms with E-state index in [0.29, 0.717) is 15.6 Å². The van der Waals surface area contributed by atoms with Crippen molar-refractivity contribution >= 4 is 52.3 Å². The van der Waals surface area contributed by atoms with Crippen LogP contribution in [0.1, 0.15) is 28.9 Å². The van der Waals surface area contributed by atoms with E-state index in [9.17, 15) is 4.79 Å². The van der Waals surface area contributed by atoms with Gasteiger partial charge in [-0.25, -0.2) is 4.98 Å². The lowest BCUT2D eigenvalue weighted by Crippen LogP contribution is -2.26. The second-order valence-electron chi connectivity index (χ2n) is 4.37. The second kappa shape index (κ2) is 6.84. The molecular formula is C14H10Cl4N2O. The quantitative estimate of drug-likeness (QED) is 0.762. The van der Waals surface area contributed by atoms with Crippen molar-refractivity contribution in [1.82, 2.24) is 10.3 Å². The highest BCUT2D eigenvalue weighted by molar-refractivity contribution is 6.42. The molecule has 0 saturated carbocycles. The van der Waals surface area contributed by atoms with Crippen molar-refractivity contribution < 1.29 is 4.79 Å². The summed E-state index contributed by atoms with van der Waals surface area (Å²) in [4.78, 5) is 16.0. The van der Waals surface area contributed by atoms with Gasteiger partial charge in [0, 0.05) is 5.56 Å². The molecule has 1 aromatic heterocycles. The number of hydrogen-bond acceptors (Lipinski definition) is 2. The van der Waals surface area contributed by atoms with E-state index in [0.717, 1.165) is 5.56 Å². The van der Waals surface area contributed by atoms with Crippen molar-refractivity contribution in [2.75, 3.05) is 0 Å². The van der Waals surface area contributed by atoms with E-state index in [4.69, 9.17) is 46.4 Å². The van der Waals surface area contributed by atoms with Crippen LogP contribution < -0.4 is 5.32 Å². The lowest BCUT2D eigenvalue weighted by Gasteiger charge is -2.15. The third kappa shape index (κ3) is 4.24. The summed E-state index contributed by atoms with van der Waals surface area (Å²) in [6.07, 6.45) is 0. The molecule has 1 heterocycles. The van der Waals surface area contributed by atoms with Gasteiger partial charge in [0.25, 0.3) is 5.91 Å². The van der Waals surface area contributed by atoms with Crippen LogP contribution in [0.4, 0.5) is 0 Å². The zero-order valence-electron chi connectivity index (χ0n) is 10.8. The van der Waals surface area contributed by atoms with E-state index >= 15 is 0 Å². The van der Waals surface area contributed by atoms with Gasteiger partial charge in [0.1, 0.15) is 10.3 Å². The molecular weight excluding hydrogens is 354 g/mol. The zero-order valence-corrected chi connectivity index (χ0v) is 13.9. The van der Waals surface area contributed by atoms with Crippen LogP contribution in [0.25, 0.3) is 0 Å². The van der Waals surface area contributed by atoms with Gasteiger partial charge in [-0.1, -0.05) is 52.5 Å². The van der Waals surface area contributed by atoms with Crippen LogP contribution in [0, 0.1) is 0 Å². The Hall–Kier alpha value is -1.000. The first-order chi connectivity index (χ1) is 9.86. The fourth-order valence-corrected chi connectivity index (χ4v) is 2.51. The molecule has 1 aromatic carbocycles. The Morgan fingerprint density at radius 2 is 1.67 bits per heavy atom. The van der Waals surface area contributed by atoms with E-state index in [-0.39, 0.29) is 22.3 Å². The van der Waals surface area contributed by atoms with Crippen molar-refractivity contribution in [3.8, 4) is 0 Å². The topological polar surface area (TPSA) is 42.0 Å². The lowest BCUT2D eigenvalue weighted by molar-refractivity contribution is 0.0940. The molecule has 2 aromatic rings. The summed E-state index contributed by atoms with van der Waals surface area (Å²) in [5, 5.41) is 4.05. The fraction of sp³-hybridized carbons (Fsp3) is 0.143. The van der Waals surface area contributed by atoms with Crippen LogP contribution >= 0.6 is 46.4 Å². The predicted molar refractivity (Wildman–Crippen MR) is 86.6 cm³/mol. The number of aromatic nitrogens is 1. The van der Waals surface area contributed by atoms with Gasteiger partial charge in [-0.15, -0.1) is 0 Å². The molecule has 110 valence electrons. The third-order valence-corrected chi connectivity index (χ3v) is 3.94. The number of nitrogens with zero attached hydrogens (tertiary/aromatic N) is 1. The van der Waals surface area contributed by atoms with Crippen LogP contribution in [-0.4, -0.2) is 10.9 Å². The molecule has 1 N–H and O–H groups in total. The average Bonchev–Trinajstić information content (AvgIpc) is 2.40. The highest BCUT2D eigenvalue weighted by Crippen LogP contribution is 2.25. The van der Waals surface area contributed by atoms with Crippen molar-refractivity contribution in [1.29, 1.82) is 0 Å². The molecule has 3 nitrogen and oxygen atoms in total. The Kier molecular flexibility index (Phi) is 5.33. The van der Waals surface area contributed by atoms with Crippen LogP contribution in [0.2, 0.25) is 20.4 Å². The van der Waals surface area contributed by atoms with Gasteiger partial charge in [0.15, 0.2) is 0 Å². The van der Waals surface area contributed by atoms with Crippen LogP contribution in [0.3, 0.4) is 0 Å². The molecule has 21 heavy (non-hydrogen) atoms. The van der Waals surface area contributed by atoms with E-state index in [2.05, 4.69) is 10.3 Å². The standard InChI is InChI=1S/C14H10Cl4N2O/c1-7(8-2-3-10(15)11(16)4-8)19-14(21)9-5-12(17)20-13(18)6-9/h2-7H,1H3,(H,19,21). The van der Waals surface area contributed by atoms with Crippen LogP contribution in [-0.2, 0) is 0 Å². The van der Waals surface area contributed by atoms with E-state index < -0.39 is 0 Å². The van der Waals surface area contributed by atoms with Gasteiger partial charge in [-0.2, -0.15) is 0 Å². The summed E-state index contributed by atoms with van der Waals surface area (Å²) in [5.74, 6) is -0.306. The maximum atomic E-state index is 12.2. The molecule has 2 rings (SSSR count). The van der Waals surface area contributed by atoms with Crippen molar-refractivity contribution in [3.63, 3.8) is 0 Å². The second-order valence-corrected chi connectivity index (χ2v) is 5.96. The molecule has 0 radical (unpaired) electrons. The third-order valence-electron chi connectivity index (χ3n) is 2.82. The minimum absolute atomic E-state index is 0.162. The first kappa shape index (κ1) is 16.4. The van der Waals surface area contributed by atoms with Crippen molar-refractivity contribution in [2.24, 2.45) is 0 Å². The smallest absolute Gasteiger partial charge is 0.251 e. The zero-order chi connectivity index (χ0) is 15.6. The van der Waals surface area contributed by atoms with Gasteiger partial charge >= 0.3 is 0 Å². The molecule has 0 saturated heterocycles. The summed E-state index contributed by atoms with van der Waals surface area (Å²) in [6.45, 7) is 1.84. The predicted octanol–water partition coefficient (Wildman–Crippen LogP) is 5.19. The first-order valence-electron chi connectivity index (χ1n) is 5.95. The fourth-order valence-electron chi connectivity index (χ4n) is 1.74. The number of hydrogen-bond donors (Lipinski definition) is 1. The summed E-state index contributed by atoms with van der Waals surface area (Å²) < 4.78 is 0. The summed E-state index contributed by atoms with van der Waals surface area (Å²) in [6, 6.07) is 7.84. The minimum atomic E-state index is -0.306. The molecule has 1 amide bonds. The van der Waals surface area contributed by atoms with Crippen molar-refractivity contribution in [2.45, 2.75) is 13.0 Å². The largest absolute Gasteiger partial charge is 0.346 e. The molecule has 1 atom stereocenters. The number of carbonyl (C=O) groups is 1. The van der Waals surface area contributed by atoms with Gasteiger partial charge in [0.05, 0.1) is 16.1 Å². The number of benzene rings is 1. The maximum Gasteiger partial charge on any atom is 0.251 e. The molecule has 0 aliphatic heterocycles. The summed E-state index contributed by atoms with van der Waals surface area (Å²) >= 11 is 23.4. The average molecular weight is 364 g/mol. The number of halogens is 4. The Morgan fingerprint density at radius 1 is 1.05 bits per heavy atom. The molecule has 1 unspecified atom stereocenters. The molecule has 0 aliphatic carbocycles. The maximum absolute atomic E-state index is 12.2. The molecule has 0 bridgehead atoms. The van der Waals surface area contributed by atoms with Gasteiger partial charge < -0.3 is 5.32 Å². The number of rotatable bonds is 3. The van der Waals surface area contributed by atoms with Crippen LogP contribution in [0.5, 0.6) is 0 Å². The number of nitrogens with one attached hydrogen (secondary N) is 1. The van der Waals surface area contributed by atoms with Gasteiger partial charge in [-0.05, 0) is 36.8 Å². The first-order valence-corrected chi connectivity index (χ1v) is 7.47. The highest BCUT2D eigenvalue weighted by Gasteiger charge is 2.14. The number of carbonyl (C=O) groups excluding carboxylic acids is 1. The lowest BCUT2D eigenvalue weighted by atomic mass is 10.1. The Labute approximate surface area is 142 Å². The van der Waals surface area contributed by atoms with E-state index in [1.54, 1.807) is 18.2 Å². The Balaban J connectivity index is 2.16. The van der Waals surface area contributed by atoms with Crippen molar-refractivity contribution in [3.05, 3.63) is 61.8 Å². The summed E-state index contributed by atoms with van der Waals surface area (Å²) in [5.41, 5.74) is 1.18. The molecule has 0 spiro atoms. The summed E-state index contributed by atoms with van der Waals surface area (Å²) in [7, 11) is 0. The van der Waals surface area contributed by atoms with Crippen LogP contribution in [0.15, 0.2) is 30.3 Å². The minimum Gasteiger partial charge on any atom is -0.346 e. The van der Waals surface area contributed by atoms with Gasteiger partial charge in [0.2, 0.25) is 0 Å². The molecule has 7 heteroatoms. The SMILES string of the molecule is CC(NC(=O)c1cc(Cl)nc(Cl)c1)c1ccc(Cl)c(Cl)c1. The normalized spacial score (nSPS) is 12.0. The highest BCUT2D eigenvalue weighted by atomic mass is 35.5. The van der Waals surface area contributed by atoms with Gasteiger partial charge in [-0.3, -0.25) is 4.79 Å². The Morgan fingerprint density at radius 3 is 2.24 bits per heavy atom. The molecule has 0 fully saturated rings. The number of amides is 1.